The van der Waals surface area contributed by atoms with E-state index in [1.54, 1.807) is 18.2 Å². The monoisotopic (exact) mass is 569 g/mol. The Bertz CT molecular complexity index is 1490. The van der Waals surface area contributed by atoms with Gasteiger partial charge in [-0.25, -0.2) is 0 Å². The van der Waals surface area contributed by atoms with Crippen molar-refractivity contribution in [2.24, 2.45) is 22.6 Å². The lowest BCUT2D eigenvalue weighted by Crippen LogP contribution is -2.80. The van der Waals surface area contributed by atoms with Gasteiger partial charge in [0.2, 0.25) is 0 Å². The number of halogens is 1. The molecule has 0 bridgehead atoms. The number of phenols is 1. The number of aliphatic hydroxyl groups excluding tert-OH is 2. The third-order valence-corrected chi connectivity index (χ3v) is 8.55. The molecule has 0 heterocycles. The van der Waals surface area contributed by atoms with Gasteiger partial charge in [0, 0.05) is 5.03 Å². The van der Waals surface area contributed by atoms with Crippen molar-refractivity contribution in [1.82, 2.24) is 4.90 Å². The number of nitrogens with two attached hydrogens (primary N) is 3. The number of Topliss-reactive ketones (excluding diaryl/α,β-unsaturated/α-hetero) is 2. The van der Waals surface area contributed by atoms with Gasteiger partial charge in [0.05, 0.1) is 34.3 Å². The zero-order valence-electron chi connectivity index (χ0n) is 22.4. The van der Waals surface area contributed by atoms with Crippen molar-refractivity contribution in [1.29, 1.82) is 5.26 Å². The number of primary amides is 1. The van der Waals surface area contributed by atoms with Gasteiger partial charge in [0.1, 0.15) is 22.8 Å². The number of hydrogen-bond acceptors (Lipinski definition) is 10. The molecule has 9 N–H and O–H groups in total. The van der Waals surface area contributed by atoms with Crippen LogP contribution in [0.4, 0.5) is 0 Å². The fourth-order valence-electron chi connectivity index (χ4n) is 6.58. The standard InChI is InChI=1S/C28H32ClN5O6/c1-4-5-6-14(29)9-13-7-8-16(35)17-15(13)10-26(32)11-28(33)22(34(2)3)21(37)18(25(31)40)23(38)27(28,12-30)24(39)19(26)20(17)36/h7-9,22,35-36,38H,4-6,10-11,32-33H2,1-3H3,(H2,31,40)/b14-9-/t22-,26-,27+,28-/m1/s1. The maximum atomic E-state index is 14.3. The summed E-state index contributed by atoms with van der Waals surface area (Å²) in [6.07, 6.45) is 3.49. The number of nitriles is 1. The Hall–Kier alpha value is -3.69. The highest BCUT2D eigenvalue weighted by atomic mass is 35.5. The van der Waals surface area contributed by atoms with Crippen molar-refractivity contribution in [3.05, 3.63) is 50.8 Å². The van der Waals surface area contributed by atoms with Crippen molar-refractivity contribution in [3.63, 3.8) is 0 Å². The number of aliphatic hydroxyl groups is 2. The number of benzene rings is 1. The average Bonchev–Trinajstić information content (AvgIpc) is 2.83. The third-order valence-electron chi connectivity index (χ3n) is 8.25. The van der Waals surface area contributed by atoms with E-state index in [1.165, 1.54) is 25.1 Å². The first-order chi connectivity index (χ1) is 18.6. The summed E-state index contributed by atoms with van der Waals surface area (Å²) in [6, 6.07) is 3.23. The molecule has 40 heavy (non-hydrogen) atoms. The van der Waals surface area contributed by atoms with E-state index in [2.05, 4.69) is 0 Å². The Morgan fingerprint density at radius 3 is 2.45 bits per heavy atom. The van der Waals surface area contributed by atoms with Gasteiger partial charge >= 0.3 is 0 Å². The molecule has 4 atom stereocenters. The van der Waals surface area contributed by atoms with Crippen LogP contribution in [0.15, 0.2) is 34.1 Å². The molecule has 0 saturated heterocycles. The summed E-state index contributed by atoms with van der Waals surface area (Å²) in [4.78, 5) is 41.4. The highest BCUT2D eigenvalue weighted by molar-refractivity contribution is 6.31. The van der Waals surface area contributed by atoms with Crippen molar-refractivity contribution in [2.75, 3.05) is 14.1 Å². The molecule has 1 aromatic rings. The molecule has 11 nitrogen and oxygen atoms in total. The lowest BCUT2D eigenvalue weighted by Gasteiger charge is -2.58. The van der Waals surface area contributed by atoms with Gasteiger partial charge in [-0.2, -0.15) is 5.26 Å². The van der Waals surface area contributed by atoms with Crippen LogP contribution >= 0.6 is 11.6 Å². The van der Waals surface area contributed by atoms with Crippen LogP contribution in [0.2, 0.25) is 0 Å². The molecule has 0 aromatic heterocycles. The Kier molecular flexibility index (Phi) is 7.14. The zero-order chi connectivity index (χ0) is 29.9. The topological polar surface area (TPSA) is 217 Å². The Labute approximate surface area is 236 Å². The van der Waals surface area contributed by atoms with E-state index in [1.807, 2.05) is 6.92 Å². The summed E-state index contributed by atoms with van der Waals surface area (Å²) >= 11 is 6.45. The molecule has 12 heteroatoms. The van der Waals surface area contributed by atoms with Crippen LogP contribution in [0.3, 0.4) is 0 Å². The quantitative estimate of drug-likeness (QED) is 0.272. The normalized spacial score (nSPS) is 30.1. The van der Waals surface area contributed by atoms with Gasteiger partial charge in [-0.3, -0.25) is 19.3 Å². The van der Waals surface area contributed by atoms with E-state index in [4.69, 9.17) is 28.8 Å². The number of carbonyl (C=O) groups is 3. The number of phenolic OH excluding ortho intramolecular Hbond substituents is 1. The number of carbonyl (C=O) groups excluding carboxylic acids is 3. The highest BCUT2D eigenvalue weighted by Gasteiger charge is 2.74. The third kappa shape index (κ3) is 3.78. The molecule has 1 saturated carbocycles. The van der Waals surface area contributed by atoms with E-state index >= 15 is 0 Å². The summed E-state index contributed by atoms with van der Waals surface area (Å²) in [5.41, 5.74) is 12.0. The number of hydrogen-bond donors (Lipinski definition) is 6. The fourth-order valence-corrected chi connectivity index (χ4v) is 6.83. The maximum Gasteiger partial charge on any atom is 0.255 e. The second kappa shape index (κ2) is 9.74. The molecular weight excluding hydrogens is 538 g/mol. The number of rotatable bonds is 6. The summed E-state index contributed by atoms with van der Waals surface area (Å²) in [7, 11) is 2.93. The van der Waals surface area contributed by atoms with Gasteiger partial charge < -0.3 is 32.5 Å². The number of ketones is 2. The molecule has 3 aliphatic rings. The lowest BCUT2D eigenvalue weighted by atomic mass is 9.47. The number of fused-ring (bicyclic) bond motifs is 3. The molecule has 1 amide bonds. The Morgan fingerprint density at radius 2 is 1.90 bits per heavy atom. The van der Waals surface area contributed by atoms with Crippen LogP contribution < -0.4 is 17.2 Å². The van der Waals surface area contributed by atoms with Crippen LogP contribution in [0.5, 0.6) is 5.75 Å². The van der Waals surface area contributed by atoms with Crippen LogP contribution in [0, 0.1) is 16.7 Å². The van der Waals surface area contributed by atoms with Gasteiger partial charge in [-0.15, -0.1) is 0 Å². The van der Waals surface area contributed by atoms with E-state index in [0.717, 1.165) is 12.8 Å². The molecule has 0 radical (unpaired) electrons. The molecule has 0 unspecified atom stereocenters. The molecular formula is C28H32ClN5O6. The number of likely N-dealkylation sites (N-methyl/N-ethyl adjacent to an activating group) is 1. The van der Waals surface area contributed by atoms with Crippen molar-refractivity contribution >= 4 is 40.9 Å². The first-order valence-corrected chi connectivity index (χ1v) is 13.1. The minimum atomic E-state index is -2.69. The minimum absolute atomic E-state index is 0.0783. The first kappa shape index (κ1) is 29.3. The molecule has 0 spiro atoms. The van der Waals surface area contributed by atoms with Crippen LogP contribution in [0.25, 0.3) is 11.8 Å². The maximum absolute atomic E-state index is 14.3. The van der Waals surface area contributed by atoms with Crippen molar-refractivity contribution in [2.45, 2.75) is 56.1 Å². The molecule has 0 aliphatic heterocycles. The SMILES string of the molecule is CCCC/C(Cl)=C/c1ccc(O)c2c1C[C@@]1(N)C[C@@]3(N)[C@H](N(C)C)C(=O)C(C(N)=O)=C(O)[C@@]3(C#N)C(=O)C1=C2O. The van der Waals surface area contributed by atoms with Crippen LogP contribution in [0.1, 0.15) is 49.3 Å². The summed E-state index contributed by atoms with van der Waals surface area (Å²) in [5.74, 6) is -5.73. The van der Waals surface area contributed by atoms with E-state index in [-0.39, 0.29) is 17.7 Å². The number of aromatic hydroxyl groups is 1. The largest absolute Gasteiger partial charge is 0.509 e. The molecule has 3 aliphatic carbocycles. The number of amides is 1. The van der Waals surface area contributed by atoms with Gasteiger partial charge in [0.25, 0.3) is 5.91 Å². The number of unbranched alkanes of at least 4 members (excludes halogenated alkanes) is 1. The Morgan fingerprint density at radius 1 is 1.25 bits per heavy atom. The molecule has 1 fully saturated rings. The summed E-state index contributed by atoms with van der Waals surface area (Å²) in [6.45, 7) is 2.02. The lowest BCUT2D eigenvalue weighted by molar-refractivity contribution is -0.139. The van der Waals surface area contributed by atoms with Crippen LogP contribution in [-0.4, -0.2) is 68.9 Å². The second-order valence-corrected chi connectivity index (χ2v) is 11.5. The molecule has 212 valence electrons. The van der Waals surface area contributed by atoms with E-state index in [0.29, 0.717) is 22.6 Å². The van der Waals surface area contributed by atoms with Crippen LogP contribution in [-0.2, 0) is 20.8 Å². The predicted octanol–water partition coefficient (Wildman–Crippen LogP) is 1.68. The predicted molar refractivity (Wildman–Crippen MR) is 148 cm³/mol. The first-order valence-electron chi connectivity index (χ1n) is 12.8. The zero-order valence-corrected chi connectivity index (χ0v) is 23.2. The van der Waals surface area contributed by atoms with Gasteiger partial charge in [-0.05, 0) is 63.0 Å². The number of nitrogens with zero attached hydrogens (tertiary/aromatic N) is 2. The minimum Gasteiger partial charge on any atom is -0.509 e. The Balaban J connectivity index is 2.06. The average molecular weight is 570 g/mol. The molecule has 4 rings (SSSR count). The van der Waals surface area contributed by atoms with Gasteiger partial charge in [0.15, 0.2) is 17.0 Å². The fraction of sp³-hybridized carbons (Fsp3) is 0.429. The van der Waals surface area contributed by atoms with E-state index < -0.39 is 69.1 Å². The van der Waals surface area contributed by atoms with Crippen molar-refractivity contribution in [3.8, 4) is 11.8 Å². The number of allylic oxidation sites excluding steroid dienone is 1. The summed E-state index contributed by atoms with van der Waals surface area (Å²) in [5, 5.41) is 44.4. The second-order valence-electron chi connectivity index (χ2n) is 11.0. The molecule has 1 aromatic carbocycles. The summed E-state index contributed by atoms with van der Waals surface area (Å²) < 4.78 is 0. The van der Waals surface area contributed by atoms with Crippen molar-refractivity contribution < 1.29 is 29.7 Å². The highest BCUT2D eigenvalue weighted by Crippen LogP contribution is 2.58. The smallest absolute Gasteiger partial charge is 0.255 e. The van der Waals surface area contributed by atoms with E-state index in [9.17, 15) is 35.0 Å². The van der Waals surface area contributed by atoms with Gasteiger partial charge in [-0.1, -0.05) is 31.0 Å².